The number of amides is 1. The number of ether oxygens (including phenoxy) is 4. The molecule has 9 heteroatoms. The van der Waals surface area contributed by atoms with Gasteiger partial charge in [-0.3, -0.25) is 4.79 Å². The number of rotatable bonds is 9. The Bertz CT molecular complexity index is 1010. The first-order chi connectivity index (χ1) is 14.3. The lowest BCUT2D eigenvalue weighted by molar-refractivity contribution is -0.114. The highest BCUT2D eigenvalue weighted by Gasteiger charge is 2.13. The van der Waals surface area contributed by atoms with Gasteiger partial charge < -0.3 is 18.9 Å². The fourth-order valence-corrected chi connectivity index (χ4v) is 3.34. The molecule has 0 aliphatic rings. The van der Waals surface area contributed by atoms with Crippen molar-refractivity contribution >= 4 is 28.1 Å². The normalized spacial score (nSPS) is 11.5. The highest BCUT2D eigenvalue weighted by Crippen LogP contribution is 2.30. The molecule has 0 spiro atoms. The third-order valence-corrected chi connectivity index (χ3v) is 4.97. The van der Waals surface area contributed by atoms with E-state index in [0.29, 0.717) is 34.1 Å². The van der Waals surface area contributed by atoms with Gasteiger partial charge in [0.05, 0.1) is 45.0 Å². The molecule has 2 rings (SSSR count). The Hall–Kier alpha value is -3.46. The molecule has 0 saturated heterocycles. The summed E-state index contributed by atoms with van der Waals surface area (Å²) in [5.41, 5.74) is 0.930. The van der Waals surface area contributed by atoms with E-state index >= 15 is 0 Å². The lowest BCUT2D eigenvalue weighted by Crippen LogP contribution is -2.26. The average molecular weight is 433 g/mol. The van der Waals surface area contributed by atoms with Gasteiger partial charge in [0.15, 0.2) is 0 Å². The highest BCUT2D eigenvalue weighted by molar-refractivity contribution is 7.93. The second-order valence-electron chi connectivity index (χ2n) is 5.80. The van der Waals surface area contributed by atoms with Crippen LogP contribution in [0.15, 0.2) is 47.9 Å². The quantitative estimate of drug-likeness (QED) is 0.607. The first-order valence-corrected chi connectivity index (χ1v) is 10.2. The molecule has 0 bridgehead atoms. The minimum Gasteiger partial charge on any atom is -0.496 e. The van der Waals surface area contributed by atoms with E-state index in [2.05, 4.69) is 0 Å². The van der Waals surface area contributed by atoms with Crippen LogP contribution >= 0.6 is 0 Å². The number of sulfonamides is 1. The number of hydrogen-bond acceptors (Lipinski definition) is 7. The molecule has 160 valence electrons. The Morgan fingerprint density at radius 1 is 0.767 bits per heavy atom. The van der Waals surface area contributed by atoms with Crippen molar-refractivity contribution in [1.29, 1.82) is 0 Å². The zero-order chi connectivity index (χ0) is 22.1. The topological polar surface area (TPSA) is 100 Å². The number of carbonyl (C=O) groups excluding carboxylic acids is 1. The van der Waals surface area contributed by atoms with Crippen LogP contribution in [0.2, 0.25) is 0 Å². The predicted octanol–water partition coefficient (Wildman–Crippen LogP) is 2.85. The van der Waals surface area contributed by atoms with Crippen LogP contribution in [0.5, 0.6) is 23.0 Å². The maximum Gasteiger partial charge on any atom is 0.257 e. The minimum absolute atomic E-state index is 0.426. The van der Waals surface area contributed by atoms with Crippen molar-refractivity contribution in [2.75, 3.05) is 28.4 Å². The van der Waals surface area contributed by atoms with E-state index < -0.39 is 15.9 Å². The van der Waals surface area contributed by atoms with Crippen molar-refractivity contribution in [1.82, 2.24) is 4.72 Å². The molecule has 0 heterocycles. The maximum absolute atomic E-state index is 12.3. The Balaban J connectivity index is 2.20. The molecule has 0 atom stereocenters. The second kappa shape index (κ2) is 10.4. The van der Waals surface area contributed by atoms with E-state index in [1.54, 1.807) is 36.4 Å². The molecule has 1 amide bonds. The molecule has 2 aromatic rings. The van der Waals surface area contributed by atoms with Crippen molar-refractivity contribution < 1.29 is 32.2 Å². The number of benzene rings is 2. The molecule has 0 saturated carbocycles. The molecule has 8 nitrogen and oxygen atoms in total. The van der Waals surface area contributed by atoms with Crippen molar-refractivity contribution in [3.63, 3.8) is 0 Å². The molecule has 0 unspecified atom stereocenters. The first-order valence-electron chi connectivity index (χ1n) is 8.70. The van der Waals surface area contributed by atoms with Crippen LogP contribution in [0.4, 0.5) is 0 Å². The van der Waals surface area contributed by atoms with E-state index in [1.165, 1.54) is 40.6 Å². The molecule has 0 aromatic heterocycles. The zero-order valence-electron chi connectivity index (χ0n) is 17.0. The molecule has 0 fully saturated rings. The van der Waals surface area contributed by atoms with Crippen LogP contribution in [0.1, 0.15) is 11.1 Å². The van der Waals surface area contributed by atoms with Gasteiger partial charge in [0.2, 0.25) is 0 Å². The highest BCUT2D eigenvalue weighted by atomic mass is 32.2. The van der Waals surface area contributed by atoms with Gasteiger partial charge in [-0.25, -0.2) is 13.1 Å². The van der Waals surface area contributed by atoms with Gasteiger partial charge in [0.25, 0.3) is 15.9 Å². The predicted molar refractivity (Wildman–Crippen MR) is 114 cm³/mol. The number of carbonyl (C=O) groups is 1. The Kier molecular flexibility index (Phi) is 7.88. The van der Waals surface area contributed by atoms with E-state index in [-0.39, 0.29) is 0 Å². The molecule has 1 N–H and O–H groups in total. The van der Waals surface area contributed by atoms with Gasteiger partial charge in [-0.15, -0.1) is 0 Å². The fourth-order valence-electron chi connectivity index (χ4n) is 2.61. The molecular weight excluding hydrogens is 410 g/mol. The van der Waals surface area contributed by atoms with E-state index in [9.17, 15) is 13.2 Å². The maximum atomic E-state index is 12.3. The van der Waals surface area contributed by atoms with Crippen molar-refractivity contribution in [2.45, 2.75) is 0 Å². The van der Waals surface area contributed by atoms with Crippen molar-refractivity contribution in [3.05, 3.63) is 59.0 Å². The Morgan fingerprint density at radius 2 is 1.17 bits per heavy atom. The second-order valence-corrected chi connectivity index (χ2v) is 7.37. The van der Waals surface area contributed by atoms with Gasteiger partial charge in [-0.2, -0.15) is 0 Å². The molecule has 30 heavy (non-hydrogen) atoms. The van der Waals surface area contributed by atoms with Crippen LogP contribution in [0.3, 0.4) is 0 Å². The SMILES string of the molecule is COc1cccc(OC)c1C=CC(=O)NS(=O)(=O)/C=C/c1c(OC)cccc1OC. The third-order valence-electron chi connectivity index (χ3n) is 3.99. The van der Waals surface area contributed by atoms with Crippen molar-refractivity contribution in [2.24, 2.45) is 0 Å². The van der Waals surface area contributed by atoms with E-state index in [0.717, 1.165) is 11.5 Å². The molecule has 0 radical (unpaired) electrons. The molecule has 0 aliphatic heterocycles. The summed E-state index contributed by atoms with van der Waals surface area (Å²) < 4.78 is 47.4. The lowest BCUT2D eigenvalue weighted by atomic mass is 10.1. The van der Waals surface area contributed by atoms with Crippen LogP contribution in [0.25, 0.3) is 12.2 Å². The largest absolute Gasteiger partial charge is 0.496 e. The van der Waals surface area contributed by atoms with E-state index in [1.807, 2.05) is 4.72 Å². The fraction of sp³-hybridized carbons (Fsp3) is 0.190. The van der Waals surface area contributed by atoms with Gasteiger partial charge in [-0.1, -0.05) is 12.1 Å². The monoisotopic (exact) mass is 433 g/mol. The summed E-state index contributed by atoms with van der Waals surface area (Å²) in [6, 6.07) is 10.2. The molecule has 0 aliphatic carbocycles. The summed E-state index contributed by atoms with van der Waals surface area (Å²) in [7, 11) is 1.81. The van der Waals surface area contributed by atoms with Crippen molar-refractivity contribution in [3.8, 4) is 23.0 Å². The summed E-state index contributed by atoms with van der Waals surface area (Å²) in [6.07, 6.45) is 3.78. The first kappa shape index (κ1) is 22.8. The van der Waals surface area contributed by atoms with Gasteiger partial charge in [0, 0.05) is 6.08 Å². The van der Waals surface area contributed by atoms with Gasteiger partial charge >= 0.3 is 0 Å². The average Bonchev–Trinajstić information content (AvgIpc) is 2.75. The summed E-state index contributed by atoms with van der Waals surface area (Å²) in [4.78, 5) is 12.1. The number of nitrogens with one attached hydrogen (secondary N) is 1. The summed E-state index contributed by atoms with van der Waals surface area (Å²) in [6.45, 7) is 0. The van der Waals surface area contributed by atoms with E-state index in [4.69, 9.17) is 18.9 Å². The summed E-state index contributed by atoms with van der Waals surface area (Å²) >= 11 is 0. The van der Waals surface area contributed by atoms with Crippen LogP contribution in [-0.2, 0) is 14.8 Å². The molecule has 2 aromatic carbocycles. The van der Waals surface area contributed by atoms with Gasteiger partial charge in [0.1, 0.15) is 23.0 Å². The summed E-state index contributed by atoms with van der Waals surface area (Å²) in [5, 5.41) is 0.864. The summed E-state index contributed by atoms with van der Waals surface area (Å²) in [5.74, 6) is 0.971. The zero-order valence-corrected chi connectivity index (χ0v) is 17.9. The Labute approximate surface area is 175 Å². The van der Waals surface area contributed by atoms with Crippen LogP contribution in [-0.4, -0.2) is 42.8 Å². The lowest BCUT2D eigenvalue weighted by Gasteiger charge is -2.10. The Morgan fingerprint density at radius 3 is 1.57 bits per heavy atom. The van der Waals surface area contributed by atoms with Crippen LogP contribution in [0, 0.1) is 0 Å². The smallest absolute Gasteiger partial charge is 0.257 e. The minimum atomic E-state index is -4.07. The molecular formula is C21H23NO7S. The number of methoxy groups -OCH3 is 4. The van der Waals surface area contributed by atoms with Crippen LogP contribution < -0.4 is 23.7 Å². The number of hydrogen-bond donors (Lipinski definition) is 1. The third kappa shape index (κ3) is 5.77. The standard InChI is InChI=1S/C21H23NO7S/c1-26-17-7-5-8-18(27-2)15(17)11-12-21(23)22-30(24,25)14-13-16-19(28-3)9-6-10-20(16)29-4/h5-14H,1-4H3,(H,22,23)/b12-11?,14-13+. The van der Waals surface area contributed by atoms with Gasteiger partial charge in [-0.05, 0) is 36.4 Å².